The van der Waals surface area contributed by atoms with Gasteiger partial charge in [0.25, 0.3) is 5.56 Å². The number of amides is 1. The van der Waals surface area contributed by atoms with Gasteiger partial charge < -0.3 is 19.8 Å². The summed E-state index contributed by atoms with van der Waals surface area (Å²) in [5.41, 5.74) is 3.59. The lowest BCUT2D eigenvalue weighted by atomic mass is 9.91. The van der Waals surface area contributed by atoms with Crippen molar-refractivity contribution in [2.24, 2.45) is 0 Å². The van der Waals surface area contributed by atoms with E-state index in [0.717, 1.165) is 30.5 Å². The third-order valence-electron chi connectivity index (χ3n) is 6.09. The Hall–Kier alpha value is -3.81. The van der Waals surface area contributed by atoms with Crippen LogP contribution in [0.1, 0.15) is 30.1 Å². The van der Waals surface area contributed by atoms with Gasteiger partial charge in [-0.15, -0.1) is 0 Å². The molecule has 1 unspecified atom stereocenters. The second kappa shape index (κ2) is 8.03. The van der Waals surface area contributed by atoms with E-state index in [9.17, 15) is 9.59 Å². The number of methoxy groups -OCH3 is 2. The maximum absolute atomic E-state index is 13.0. The number of ether oxygens (including phenoxy) is 2. The van der Waals surface area contributed by atoms with E-state index in [4.69, 9.17) is 9.47 Å². The molecule has 0 spiro atoms. The molecule has 0 bridgehead atoms. The highest BCUT2D eigenvalue weighted by molar-refractivity contribution is 5.86. The van der Waals surface area contributed by atoms with Gasteiger partial charge in [-0.3, -0.25) is 14.2 Å². The van der Waals surface area contributed by atoms with Gasteiger partial charge in [0.15, 0.2) is 11.5 Å². The van der Waals surface area contributed by atoms with Crippen molar-refractivity contribution in [1.82, 2.24) is 19.9 Å². The number of H-pyrrole nitrogens is 1. The zero-order chi connectivity index (χ0) is 22.2. The third kappa shape index (κ3) is 3.37. The molecule has 8 nitrogen and oxygen atoms in total. The van der Waals surface area contributed by atoms with E-state index in [1.54, 1.807) is 12.1 Å². The van der Waals surface area contributed by atoms with Crippen molar-refractivity contribution in [3.05, 3.63) is 64.3 Å². The molecule has 2 N–H and O–H groups in total. The first-order valence-corrected chi connectivity index (χ1v) is 10.6. The molecular weight excluding hydrogens is 408 g/mol. The van der Waals surface area contributed by atoms with Crippen LogP contribution in [0.4, 0.5) is 0 Å². The average molecular weight is 432 g/mol. The number of aryl methyl sites for hydroxylation is 1. The van der Waals surface area contributed by atoms with Crippen LogP contribution in [0.5, 0.6) is 11.5 Å². The molecule has 0 radical (unpaired) electrons. The minimum atomic E-state index is -0.305. The predicted octanol–water partition coefficient (Wildman–Crippen LogP) is 3.09. The molecule has 2 aromatic carbocycles. The van der Waals surface area contributed by atoms with Crippen molar-refractivity contribution in [2.75, 3.05) is 14.2 Å². The smallest absolute Gasteiger partial charge is 0.261 e. The van der Waals surface area contributed by atoms with Crippen LogP contribution < -0.4 is 20.3 Å². The van der Waals surface area contributed by atoms with Gasteiger partial charge >= 0.3 is 0 Å². The van der Waals surface area contributed by atoms with Crippen LogP contribution in [0.2, 0.25) is 0 Å². The number of fused-ring (bicyclic) bond motifs is 4. The molecule has 2 heterocycles. The van der Waals surface area contributed by atoms with Gasteiger partial charge in [0.1, 0.15) is 6.54 Å². The second-order valence-electron chi connectivity index (χ2n) is 7.98. The van der Waals surface area contributed by atoms with Gasteiger partial charge in [-0.2, -0.15) is 0 Å². The Bertz CT molecular complexity index is 1390. The van der Waals surface area contributed by atoms with E-state index in [1.807, 2.05) is 12.1 Å². The zero-order valence-corrected chi connectivity index (χ0v) is 18.0. The summed E-state index contributed by atoms with van der Waals surface area (Å²) in [6.07, 6.45) is 4.24. The van der Waals surface area contributed by atoms with E-state index in [-0.39, 0.29) is 24.1 Å². The Morgan fingerprint density at radius 2 is 1.97 bits per heavy atom. The summed E-state index contributed by atoms with van der Waals surface area (Å²) in [5.74, 6) is 0.703. The quantitative estimate of drug-likeness (QED) is 0.505. The van der Waals surface area contributed by atoms with Crippen molar-refractivity contribution in [3.8, 4) is 11.5 Å². The first-order chi connectivity index (χ1) is 15.6. The predicted molar refractivity (Wildman–Crippen MR) is 121 cm³/mol. The molecule has 1 atom stereocenters. The summed E-state index contributed by atoms with van der Waals surface area (Å²) in [7, 11) is 3.04. The number of aromatic amines is 1. The van der Waals surface area contributed by atoms with Gasteiger partial charge in [-0.25, -0.2) is 4.98 Å². The van der Waals surface area contributed by atoms with Gasteiger partial charge in [0.2, 0.25) is 5.91 Å². The molecule has 1 aliphatic rings. The van der Waals surface area contributed by atoms with Crippen LogP contribution >= 0.6 is 0 Å². The Balaban J connectivity index is 1.40. The van der Waals surface area contributed by atoms with Crippen molar-refractivity contribution >= 4 is 27.7 Å². The number of hydrogen-bond donors (Lipinski definition) is 2. The van der Waals surface area contributed by atoms with Crippen molar-refractivity contribution in [2.45, 2.75) is 31.8 Å². The lowest BCUT2D eigenvalue weighted by molar-refractivity contribution is -0.122. The molecule has 0 aliphatic heterocycles. The summed E-state index contributed by atoms with van der Waals surface area (Å²) in [5, 5.41) is 4.68. The molecule has 32 heavy (non-hydrogen) atoms. The lowest BCUT2D eigenvalue weighted by Crippen LogP contribution is -2.36. The standard InChI is InChI=1S/C24H24N4O4/c1-31-20-10-16-19(11-21(20)32-2)25-13-28(24(16)30)12-22(29)26-18-9-5-7-15-14-6-3-4-8-17(14)27-23(15)18/h3-4,6,8,10-11,13,18,27H,5,7,9,12H2,1-2H3,(H,26,29). The van der Waals surface area contributed by atoms with E-state index in [1.165, 1.54) is 36.1 Å². The minimum Gasteiger partial charge on any atom is -0.493 e. The molecule has 5 rings (SSSR count). The number of carbonyl (C=O) groups excluding carboxylic acids is 1. The van der Waals surface area contributed by atoms with Gasteiger partial charge in [-0.1, -0.05) is 18.2 Å². The van der Waals surface area contributed by atoms with Crippen LogP contribution in [0.3, 0.4) is 0 Å². The third-order valence-corrected chi connectivity index (χ3v) is 6.09. The molecule has 1 amide bonds. The van der Waals surface area contributed by atoms with Crippen LogP contribution in [-0.2, 0) is 17.8 Å². The number of rotatable bonds is 5. The van der Waals surface area contributed by atoms with Gasteiger partial charge in [0.05, 0.1) is 37.5 Å². The molecular formula is C24H24N4O4. The second-order valence-corrected chi connectivity index (χ2v) is 7.98. The SMILES string of the molecule is COc1cc2ncn(CC(=O)NC3CCCc4c3[nH]c3ccccc43)c(=O)c2cc1OC. The van der Waals surface area contributed by atoms with Crippen molar-refractivity contribution < 1.29 is 14.3 Å². The van der Waals surface area contributed by atoms with E-state index in [0.29, 0.717) is 22.4 Å². The molecule has 0 fully saturated rings. The maximum Gasteiger partial charge on any atom is 0.261 e. The molecule has 8 heteroatoms. The van der Waals surface area contributed by atoms with Crippen molar-refractivity contribution in [1.29, 1.82) is 0 Å². The Kier molecular flexibility index (Phi) is 5.05. The van der Waals surface area contributed by atoms with Crippen LogP contribution in [0.25, 0.3) is 21.8 Å². The summed E-state index contributed by atoms with van der Waals surface area (Å²) in [4.78, 5) is 33.6. The summed E-state index contributed by atoms with van der Waals surface area (Å²) < 4.78 is 11.9. The van der Waals surface area contributed by atoms with Gasteiger partial charge in [-0.05, 0) is 37.0 Å². The number of carbonyl (C=O) groups is 1. The first-order valence-electron chi connectivity index (χ1n) is 10.6. The molecule has 164 valence electrons. The Morgan fingerprint density at radius 1 is 1.19 bits per heavy atom. The molecule has 4 aromatic rings. The highest BCUT2D eigenvalue weighted by atomic mass is 16.5. The van der Waals surface area contributed by atoms with E-state index in [2.05, 4.69) is 27.4 Å². The zero-order valence-electron chi connectivity index (χ0n) is 18.0. The Morgan fingerprint density at radius 3 is 2.78 bits per heavy atom. The lowest BCUT2D eigenvalue weighted by Gasteiger charge is -2.24. The summed E-state index contributed by atoms with van der Waals surface area (Å²) in [6, 6.07) is 11.3. The Labute approximate surface area is 184 Å². The number of hydrogen-bond acceptors (Lipinski definition) is 5. The fourth-order valence-electron chi connectivity index (χ4n) is 4.55. The number of nitrogens with zero attached hydrogens (tertiary/aromatic N) is 2. The monoisotopic (exact) mass is 432 g/mol. The van der Waals surface area contributed by atoms with Crippen molar-refractivity contribution in [3.63, 3.8) is 0 Å². The van der Waals surface area contributed by atoms with E-state index < -0.39 is 0 Å². The average Bonchev–Trinajstić information content (AvgIpc) is 3.20. The summed E-state index contributed by atoms with van der Waals surface area (Å²) >= 11 is 0. The van der Waals surface area contributed by atoms with Crippen LogP contribution in [0, 0.1) is 0 Å². The van der Waals surface area contributed by atoms with Gasteiger partial charge in [0, 0.05) is 22.7 Å². The topological polar surface area (TPSA) is 98.2 Å². The fraction of sp³-hybridized carbons (Fsp3) is 0.292. The number of benzene rings is 2. The molecule has 0 saturated heterocycles. The normalized spacial score (nSPS) is 15.5. The highest BCUT2D eigenvalue weighted by Gasteiger charge is 2.25. The number of nitrogens with one attached hydrogen (secondary N) is 2. The number of para-hydroxylation sites is 1. The first kappa shape index (κ1) is 20.1. The van der Waals surface area contributed by atoms with Crippen LogP contribution in [-0.4, -0.2) is 34.7 Å². The van der Waals surface area contributed by atoms with Crippen LogP contribution in [0.15, 0.2) is 47.5 Å². The molecule has 0 saturated carbocycles. The maximum atomic E-state index is 13.0. The largest absolute Gasteiger partial charge is 0.493 e. The minimum absolute atomic E-state index is 0.105. The fourth-order valence-corrected chi connectivity index (χ4v) is 4.55. The summed E-state index contributed by atoms with van der Waals surface area (Å²) in [6.45, 7) is -0.109. The highest BCUT2D eigenvalue weighted by Crippen LogP contribution is 2.34. The molecule has 1 aliphatic carbocycles. The number of aromatic nitrogens is 3. The van der Waals surface area contributed by atoms with E-state index >= 15 is 0 Å². The molecule has 2 aromatic heterocycles.